The number of methoxy groups -OCH3 is 1. The maximum Gasteiger partial charge on any atom is 0.337 e. The van der Waals surface area contributed by atoms with E-state index in [2.05, 4.69) is 12.2 Å². The van der Waals surface area contributed by atoms with E-state index in [-0.39, 0.29) is 10.7 Å². The molecular weight excluding hydrogens is 392 g/mol. The van der Waals surface area contributed by atoms with Gasteiger partial charge in [-0.25, -0.2) is 9.69 Å². The molecule has 2 aromatic rings. The molecule has 6 nitrogen and oxygen atoms in total. The van der Waals surface area contributed by atoms with Gasteiger partial charge in [-0.3, -0.25) is 9.59 Å². The van der Waals surface area contributed by atoms with Crippen molar-refractivity contribution >= 4 is 40.8 Å². The molecular formula is C22H21ClN2O4. The average molecular weight is 413 g/mol. The zero-order valence-electron chi connectivity index (χ0n) is 16.2. The lowest BCUT2D eigenvalue weighted by atomic mass is 10.1. The van der Waals surface area contributed by atoms with Gasteiger partial charge in [0.15, 0.2) is 0 Å². The summed E-state index contributed by atoms with van der Waals surface area (Å²) in [6, 6.07) is 13.7. The summed E-state index contributed by atoms with van der Waals surface area (Å²) in [4.78, 5) is 38.2. The van der Waals surface area contributed by atoms with E-state index in [4.69, 9.17) is 16.3 Å². The molecule has 2 aromatic carbocycles. The Bertz CT molecular complexity index is 983. The summed E-state index contributed by atoms with van der Waals surface area (Å²) in [5, 5.41) is 2.66. The Hall–Kier alpha value is -3.12. The van der Waals surface area contributed by atoms with E-state index in [1.54, 1.807) is 30.3 Å². The Labute approximate surface area is 174 Å². The van der Waals surface area contributed by atoms with E-state index in [0.717, 1.165) is 29.7 Å². The Kier molecular flexibility index (Phi) is 6.34. The highest BCUT2D eigenvalue weighted by Gasteiger charge is 2.38. The summed E-state index contributed by atoms with van der Waals surface area (Å²) >= 11 is 6.16. The highest BCUT2D eigenvalue weighted by molar-refractivity contribution is 6.53. The molecule has 1 aliphatic rings. The second-order valence-corrected chi connectivity index (χ2v) is 6.98. The number of amides is 2. The lowest BCUT2D eigenvalue weighted by Crippen LogP contribution is -2.32. The number of ether oxygens (including phenoxy) is 1. The van der Waals surface area contributed by atoms with Crippen LogP contribution in [-0.4, -0.2) is 24.9 Å². The van der Waals surface area contributed by atoms with Gasteiger partial charge in [0.1, 0.15) is 10.7 Å². The first-order valence-corrected chi connectivity index (χ1v) is 9.67. The molecule has 29 heavy (non-hydrogen) atoms. The van der Waals surface area contributed by atoms with E-state index in [9.17, 15) is 14.4 Å². The Morgan fingerprint density at radius 1 is 1.10 bits per heavy atom. The van der Waals surface area contributed by atoms with E-state index in [1.165, 1.54) is 13.2 Å². The molecule has 7 heteroatoms. The van der Waals surface area contributed by atoms with E-state index in [0.29, 0.717) is 16.9 Å². The monoisotopic (exact) mass is 412 g/mol. The molecule has 1 aliphatic heterocycles. The number of aryl methyl sites for hydroxylation is 1. The third kappa shape index (κ3) is 4.32. The molecule has 1 N–H and O–H groups in total. The van der Waals surface area contributed by atoms with Crippen LogP contribution in [0.25, 0.3) is 0 Å². The predicted molar refractivity (Wildman–Crippen MR) is 112 cm³/mol. The molecule has 0 bridgehead atoms. The Morgan fingerprint density at radius 3 is 2.48 bits per heavy atom. The van der Waals surface area contributed by atoms with Crippen molar-refractivity contribution in [1.82, 2.24) is 0 Å². The summed E-state index contributed by atoms with van der Waals surface area (Å²) < 4.78 is 4.70. The fraction of sp³-hybridized carbons (Fsp3) is 0.227. The molecule has 0 fully saturated rings. The summed E-state index contributed by atoms with van der Waals surface area (Å²) in [5.74, 6) is -1.65. The molecule has 0 aromatic heterocycles. The first kappa shape index (κ1) is 20.6. The van der Waals surface area contributed by atoms with Crippen LogP contribution in [0.1, 0.15) is 35.7 Å². The number of halogens is 1. The first-order valence-electron chi connectivity index (χ1n) is 9.29. The van der Waals surface area contributed by atoms with Crippen molar-refractivity contribution in [3.63, 3.8) is 0 Å². The third-order valence-electron chi connectivity index (χ3n) is 4.59. The van der Waals surface area contributed by atoms with Crippen molar-refractivity contribution in [3.05, 3.63) is 70.4 Å². The smallest absolute Gasteiger partial charge is 0.337 e. The minimum Gasteiger partial charge on any atom is -0.465 e. The highest BCUT2D eigenvalue weighted by Crippen LogP contribution is 2.30. The van der Waals surface area contributed by atoms with Crippen LogP contribution in [0.3, 0.4) is 0 Å². The fourth-order valence-corrected chi connectivity index (χ4v) is 3.24. The third-order valence-corrected chi connectivity index (χ3v) is 4.94. The van der Waals surface area contributed by atoms with Crippen molar-refractivity contribution in [2.75, 3.05) is 17.3 Å². The number of carbonyl (C=O) groups is 3. The zero-order chi connectivity index (χ0) is 21.0. The topological polar surface area (TPSA) is 75.7 Å². The number of rotatable bonds is 7. The quantitative estimate of drug-likeness (QED) is 0.543. The van der Waals surface area contributed by atoms with Gasteiger partial charge in [-0.2, -0.15) is 0 Å². The second-order valence-electron chi connectivity index (χ2n) is 6.60. The van der Waals surface area contributed by atoms with Gasteiger partial charge in [0, 0.05) is 5.69 Å². The number of unbranched alkanes of at least 4 members (excludes halogenated alkanes) is 1. The Morgan fingerprint density at radius 2 is 1.83 bits per heavy atom. The molecule has 150 valence electrons. The highest BCUT2D eigenvalue weighted by atomic mass is 35.5. The largest absolute Gasteiger partial charge is 0.465 e. The summed E-state index contributed by atoms with van der Waals surface area (Å²) in [6.45, 7) is 2.12. The van der Waals surface area contributed by atoms with Crippen molar-refractivity contribution in [2.45, 2.75) is 26.2 Å². The van der Waals surface area contributed by atoms with E-state index < -0.39 is 17.8 Å². The lowest BCUT2D eigenvalue weighted by molar-refractivity contribution is -0.120. The van der Waals surface area contributed by atoms with Gasteiger partial charge >= 0.3 is 5.97 Å². The number of nitrogens with one attached hydrogen (secondary N) is 1. The standard InChI is InChI=1S/C22H21ClN2O4/c1-3-4-6-14-9-11-17(12-10-14)25-20(26)18(23)19(21(25)27)24-16-8-5-7-15(13-16)22(28)29-2/h5,7-13,24H,3-4,6H2,1-2H3. The molecule has 0 spiro atoms. The number of benzene rings is 2. The van der Waals surface area contributed by atoms with Gasteiger partial charge in [-0.15, -0.1) is 0 Å². The van der Waals surface area contributed by atoms with E-state index >= 15 is 0 Å². The van der Waals surface area contributed by atoms with Crippen LogP contribution in [0.4, 0.5) is 11.4 Å². The molecule has 0 radical (unpaired) electrons. The maximum absolute atomic E-state index is 12.9. The molecule has 3 rings (SSSR count). The van der Waals surface area contributed by atoms with Crippen LogP contribution in [0.2, 0.25) is 0 Å². The second kappa shape index (κ2) is 8.92. The van der Waals surface area contributed by atoms with Crippen LogP contribution in [0.5, 0.6) is 0 Å². The number of hydrogen-bond donors (Lipinski definition) is 1. The van der Waals surface area contributed by atoms with Gasteiger partial charge in [0.2, 0.25) is 0 Å². The number of esters is 1. The lowest BCUT2D eigenvalue weighted by Gasteiger charge is -2.15. The number of carbonyl (C=O) groups excluding carboxylic acids is 3. The predicted octanol–water partition coefficient (Wildman–Crippen LogP) is 4.25. The summed E-state index contributed by atoms with van der Waals surface area (Å²) in [5.41, 5.74) is 2.32. The van der Waals surface area contributed by atoms with Crippen molar-refractivity contribution < 1.29 is 19.1 Å². The average Bonchev–Trinajstić information content (AvgIpc) is 2.95. The molecule has 0 atom stereocenters. The van der Waals surface area contributed by atoms with Crippen LogP contribution in [0.15, 0.2) is 59.3 Å². The van der Waals surface area contributed by atoms with Crippen molar-refractivity contribution in [3.8, 4) is 0 Å². The van der Waals surface area contributed by atoms with Gasteiger partial charge in [0.25, 0.3) is 11.8 Å². The number of hydrogen-bond acceptors (Lipinski definition) is 5. The molecule has 1 heterocycles. The molecule has 2 amide bonds. The molecule has 0 unspecified atom stereocenters. The van der Waals surface area contributed by atoms with Gasteiger partial charge in [-0.05, 0) is 48.7 Å². The minimum absolute atomic E-state index is 0.0336. The first-order chi connectivity index (χ1) is 14.0. The number of imide groups is 1. The summed E-state index contributed by atoms with van der Waals surface area (Å²) in [6.07, 6.45) is 3.12. The van der Waals surface area contributed by atoms with Crippen LogP contribution < -0.4 is 10.2 Å². The van der Waals surface area contributed by atoms with Crippen LogP contribution in [0, 0.1) is 0 Å². The zero-order valence-corrected chi connectivity index (χ0v) is 17.0. The van der Waals surface area contributed by atoms with Gasteiger partial charge in [0.05, 0.1) is 18.4 Å². The Balaban J connectivity index is 1.81. The fourth-order valence-electron chi connectivity index (χ4n) is 3.02. The summed E-state index contributed by atoms with van der Waals surface area (Å²) in [7, 11) is 1.28. The minimum atomic E-state index is -0.593. The van der Waals surface area contributed by atoms with Gasteiger partial charge < -0.3 is 10.1 Å². The van der Waals surface area contributed by atoms with Crippen LogP contribution in [-0.2, 0) is 20.7 Å². The molecule has 0 aliphatic carbocycles. The van der Waals surface area contributed by atoms with Crippen LogP contribution >= 0.6 is 11.6 Å². The van der Waals surface area contributed by atoms with Crippen molar-refractivity contribution in [1.29, 1.82) is 0 Å². The number of anilines is 2. The van der Waals surface area contributed by atoms with Gasteiger partial charge in [-0.1, -0.05) is 43.1 Å². The number of nitrogens with zero attached hydrogens (tertiary/aromatic N) is 1. The molecule has 0 saturated heterocycles. The van der Waals surface area contributed by atoms with Crippen molar-refractivity contribution in [2.24, 2.45) is 0 Å². The molecule has 0 saturated carbocycles. The van der Waals surface area contributed by atoms with E-state index in [1.807, 2.05) is 12.1 Å². The maximum atomic E-state index is 12.9. The SMILES string of the molecule is CCCCc1ccc(N2C(=O)C(Cl)=C(Nc3cccc(C(=O)OC)c3)C2=O)cc1. The normalized spacial score (nSPS) is 13.8.